The Bertz CT molecular complexity index is 574. The number of aromatic nitrogens is 3. The Morgan fingerprint density at radius 2 is 2.29 bits per heavy atom. The standard InChI is InChI=1S/C16H24N4O/c1-18-9-15(8-17-18)11-19-10-14(5-7-21-2)12-20-6-3-4-16(20)13-19/h3-4,6,8-9,14H,5,7,10-13H2,1-2H3. The van der Waals surface area contributed by atoms with E-state index in [0.717, 1.165) is 39.2 Å². The molecule has 0 saturated heterocycles. The second-order valence-electron chi connectivity index (χ2n) is 5.99. The van der Waals surface area contributed by atoms with Crippen LogP contribution in [-0.2, 0) is 31.4 Å². The van der Waals surface area contributed by atoms with Gasteiger partial charge in [-0.2, -0.15) is 5.10 Å². The highest BCUT2D eigenvalue weighted by Crippen LogP contribution is 2.21. The summed E-state index contributed by atoms with van der Waals surface area (Å²) < 4.78 is 9.54. The number of hydrogen-bond donors (Lipinski definition) is 0. The van der Waals surface area contributed by atoms with Crippen molar-refractivity contribution in [2.75, 3.05) is 20.3 Å². The van der Waals surface area contributed by atoms with E-state index in [9.17, 15) is 0 Å². The topological polar surface area (TPSA) is 35.2 Å². The summed E-state index contributed by atoms with van der Waals surface area (Å²) in [6, 6.07) is 4.38. The molecule has 114 valence electrons. The van der Waals surface area contributed by atoms with E-state index < -0.39 is 0 Å². The molecule has 2 aromatic rings. The van der Waals surface area contributed by atoms with E-state index in [1.807, 2.05) is 17.9 Å². The minimum absolute atomic E-state index is 0.635. The number of nitrogens with zero attached hydrogens (tertiary/aromatic N) is 4. The van der Waals surface area contributed by atoms with Gasteiger partial charge in [-0.05, 0) is 24.5 Å². The highest BCUT2D eigenvalue weighted by Gasteiger charge is 2.21. The minimum Gasteiger partial charge on any atom is -0.385 e. The van der Waals surface area contributed by atoms with Crippen molar-refractivity contribution in [1.29, 1.82) is 0 Å². The van der Waals surface area contributed by atoms with Crippen LogP contribution in [0.25, 0.3) is 0 Å². The van der Waals surface area contributed by atoms with Gasteiger partial charge in [0.2, 0.25) is 0 Å². The van der Waals surface area contributed by atoms with Gasteiger partial charge < -0.3 is 9.30 Å². The van der Waals surface area contributed by atoms with Crippen LogP contribution in [0.5, 0.6) is 0 Å². The van der Waals surface area contributed by atoms with Gasteiger partial charge in [-0.3, -0.25) is 9.58 Å². The van der Waals surface area contributed by atoms with Gasteiger partial charge in [0.05, 0.1) is 6.20 Å². The van der Waals surface area contributed by atoms with E-state index in [1.54, 1.807) is 7.11 Å². The van der Waals surface area contributed by atoms with Crippen LogP contribution in [0.4, 0.5) is 0 Å². The Morgan fingerprint density at radius 1 is 1.38 bits per heavy atom. The number of methoxy groups -OCH3 is 1. The van der Waals surface area contributed by atoms with Crippen LogP contribution in [0.2, 0.25) is 0 Å². The molecule has 0 aliphatic carbocycles. The summed E-state index contributed by atoms with van der Waals surface area (Å²) in [6.45, 7) is 5.01. The smallest absolute Gasteiger partial charge is 0.0534 e. The van der Waals surface area contributed by atoms with Gasteiger partial charge in [-0.15, -0.1) is 0 Å². The Labute approximate surface area is 126 Å². The predicted octanol–water partition coefficient (Wildman–Crippen LogP) is 1.89. The normalized spacial score (nSPS) is 19.4. The molecule has 2 aromatic heterocycles. The summed E-state index contributed by atoms with van der Waals surface area (Å²) in [7, 11) is 3.75. The van der Waals surface area contributed by atoms with Gasteiger partial charge in [0, 0.05) is 70.6 Å². The average molecular weight is 288 g/mol. The van der Waals surface area contributed by atoms with Crippen molar-refractivity contribution in [1.82, 2.24) is 19.2 Å². The molecule has 21 heavy (non-hydrogen) atoms. The summed E-state index contributed by atoms with van der Waals surface area (Å²) in [5.41, 5.74) is 2.68. The molecule has 3 heterocycles. The lowest BCUT2D eigenvalue weighted by atomic mass is 10.1. The largest absolute Gasteiger partial charge is 0.385 e. The summed E-state index contributed by atoms with van der Waals surface area (Å²) in [4.78, 5) is 2.52. The number of rotatable bonds is 5. The van der Waals surface area contributed by atoms with Gasteiger partial charge in [0.1, 0.15) is 0 Å². The lowest BCUT2D eigenvalue weighted by molar-refractivity contribution is 0.151. The van der Waals surface area contributed by atoms with Crippen molar-refractivity contribution in [2.24, 2.45) is 13.0 Å². The van der Waals surface area contributed by atoms with Crippen LogP contribution in [0, 0.1) is 5.92 Å². The zero-order valence-electron chi connectivity index (χ0n) is 12.9. The molecule has 0 bridgehead atoms. The van der Waals surface area contributed by atoms with Gasteiger partial charge in [-0.1, -0.05) is 0 Å². The number of hydrogen-bond acceptors (Lipinski definition) is 3. The molecule has 3 rings (SSSR count). The summed E-state index contributed by atoms with van der Waals surface area (Å²) >= 11 is 0. The third-order valence-corrected chi connectivity index (χ3v) is 4.18. The van der Waals surface area contributed by atoms with E-state index in [2.05, 4.69) is 39.1 Å². The van der Waals surface area contributed by atoms with Crippen molar-refractivity contribution >= 4 is 0 Å². The lowest BCUT2D eigenvalue weighted by Crippen LogP contribution is -2.28. The Kier molecular flexibility index (Phi) is 4.41. The molecule has 0 radical (unpaired) electrons. The van der Waals surface area contributed by atoms with Crippen molar-refractivity contribution in [2.45, 2.75) is 26.1 Å². The molecule has 1 aliphatic heterocycles. The molecule has 1 aliphatic rings. The van der Waals surface area contributed by atoms with Gasteiger partial charge in [0.25, 0.3) is 0 Å². The fourth-order valence-electron chi connectivity index (χ4n) is 3.17. The zero-order chi connectivity index (χ0) is 14.7. The molecule has 0 aromatic carbocycles. The van der Waals surface area contributed by atoms with E-state index in [1.165, 1.54) is 11.3 Å². The van der Waals surface area contributed by atoms with Crippen LogP contribution < -0.4 is 0 Å². The van der Waals surface area contributed by atoms with Crippen LogP contribution in [0.1, 0.15) is 17.7 Å². The lowest BCUT2D eigenvalue weighted by Gasteiger charge is -2.23. The van der Waals surface area contributed by atoms with Crippen molar-refractivity contribution < 1.29 is 4.74 Å². The fourth-order valence-corrected chi connectivity index (χ4v) is 3.17. The Balaban J connectivity index is 1.73. The molecular formula is C16H24N4O. The molecule has 5 nitrogen and oxygen atoms in total. The summed E-state index contributed by atoms with van der Waals surface area (Å²) in [5, 5.41) is 4.27. The average Bonchev–Trinajstić information content (AvgIpc) is 3.02. The number of aryl methyl sites for hydroxylation is 1. The Morgan fingerprint density at radius 3 is 3.05 bits per heavy atom. The quantitative estimate of drug-likeness (QED) is 0.843. The molecule has 0 amide bonds. The van der Waals surface area contributed by atoms with E-state index >= 15 is 0 Å². The van der Waals surface area contributed by atoms with Crippen molar-refractivity contribution in [3.05, 3.63) is 42.0 Å². The van der Waals surface area contributed by atoms with Crippen LogP contribution >= 0.6 is 0 Å². The monoisotopic (exact) mass is 288 g/mol. The number of ether oxygens (including phenoxy) is 1. The van der Waals surface area contributed by atoms with Crippen molar-refractivity contribution in [3.8, 4) is 0 Å². The number of fused-ring (bicyclic) bond motifs is 1. The summed E-state index contributed by atoms with van der Waals surface area (Å²) in [5.74, 6) is 0.635. The molecule has 0 fully saturated rings. The van der Waals surface area contributed by atoms with Crippen LogP contribution in [0.15, 0.2) is 30.7 Å². The maximum absolute atomic E-state index is 5.27. The van der Waals surface area contributed by atoms with E-state index in [0.29, 0.717) is 5.92 Å². The molecule has 0 N–H and O–H groups in total. The van der Waals surface area contributed by atoms with Crippen LogP contribution in [-0.4, -0.2) is 39.5 Å². The molecule has 1 atom stereocenters. The maximum atomic E-state index is 5.27. The SMILES string of the molecule is COCCC1CN(Cc2cnn(C)c2)Cc2cccn2C1. The maximum Gasteiger partial charge on any atom is 0.0534 e. The van der Waals surface area contributed by atoms with Gasteiger partial charge in [0.15, 0.2) is 0 Å². The zero-order valence-corrected chi connectivity index (χ0v) is 12.9. The second-order valence-corrected chi connectivity index (χ2v) is 5.99. The molecule has 0 saturated carbocycles. The molecular weight excluding hydrogens is 264 g/mol. The molecule has 1 unspecified atom stereocenters. The first kappa shape index (κ1) is 14.4. The van der Waals surface area contributed by atoms with E-state index in [-0.39, 0.29) is 0 Å². The molecule has 5 heteroatoms. The van der Waals surface area contributed by atoms with Gasteiger partial charge in [-0.25, -0.2) is 0 Å². The van der Waals surface area contributed by atoms with E-state index in [4.69, 9.17) is 4.74 Å². The highest BCUT2D eigenvalue weighted by molar-refractivity contribution is 5.10. The second kappa shape index (κ2) is 6.45. The predicted molar refractivity (Wildman–Crippen MR) is 81.7 cm³/mol. The van der Waals surface area contributed by atoms with Gasteiger partial charge >= 0.3 is 0 Å². The Hall–Kier alpha value is -1.59. The highest BCUT2D eigenvalue weighted by atomic mass is 16.5. The minimum atomic E-state index is 0.635. The first-order valence-corrected chi connectivity index (χ1v) is 7.57. The third kappa shape index (κ3) is 3.54. The van der Waals surface area contributed by atoms with Crippen LogP contribution in [0.3, 0.4) is 0 Å². The summed E-state index contributed by atoms with van der Waals surface area (Å²) in [6.07, 6.45) is 7.38. The fraction of sp³-hybridized carbons (Fsp3) is 0.562. The third-order valence-electron chi connectivity index (χ3n) is 4.18. The van der Waals surface area contributed by atoms with Crippen molar-refractivity contribution in [3.63, 3.8) is 0 Å². The molecule has 0 spiro atoms. The first-order chi connectivity index (χ1) is 10.2. The first-order valence-electron chi connectivity index (χ1n) is 7.57.